The molecular weight excluding hydrogens is 270 g/mol. The summed E-state index contributed by atoms with van der Waals surface area (Å²) in [5, 5.41) is 1.22. The Labute approximate surface area is 117 Å². The topological polar surface area (TPSA) is 26.0 Å². The Bertz CT molecular complexity index is 353. The lowest BCUT2D eigenvalue weighted by atomic mass is 9.91. The Morgan fingerprint density at radius 3 is 2.94 bits per heavy atom. The third-order valence-electron chi connectivity index (χ3n) is 3.37. The Balaban J connectivity index is 1.95. The molecule has 17 heavy (non-hydrogen) atoms. The van der Waals surface area contributed by atoms with Crippen LogP contribution in [-0.4, -0.2) is 11.8 Å². The number of rotatable bonds is 4. The van der Waals surface area contributed by atoms with Gasteiger partial charge in [0.15, 0.2) is 0 Å². The molecule has 0 amide bonds. The van der Waals surface area contributed by atoms with Crippen molar-refractivity contribution in [2.24, 2.45) is 11.7 Å². The van der Waals surface area contributed by atoms with Gasteiger partial charge >= 0.3 is 0 Å². The molecule has 1 aromatic rings. The molecule has 1 fully saturated rings. The maximum atomic E-state index is 6.00. The SMILES string of the molecule is CC1CCCC(SC(CN)c2ccc(Cl)s2)C1. The van der Waals surface area contributed by atoms with E-state index >= 15 is 0 Å². The van der Waals surface area contributed by atoms with Crippen molar-refractivity contribution in [1.82, 2.24) is 0 Å². The highest BCUT2D eigenvalue weighted by Crippen LogP contribution is 2.42. The highest BCUT2D eigenvalue weighted by molar-refractivity contribution is 8.00. The monoisotopic (exact) mass is 289 g/mol. The first kappa shape index (κ1) is 13.7. The van der Waals surface area contributed by atoms with Gasteiger partial charge in [0.05, 0.1) is 9.59 Å². The highest BCUT2D eigenvalue weighted by atomic mass is 35.5. The molecule has 2 rings (SSSR count). The molecule has 0 bridgehead atoms. The van der Waals surface area contributed by atoms with Crippen molar-refractivity contribution in [1.29, 1.82) is 0 Å². The maximum Gasteiger partial charge on any atom is 0.0931 e. The minimum Gasteiger partial charge on any atom is -0.329 e. The van der Waals surface area contributed by atoms with Crippen LogP contribution in [0, 0.1) is 5.92 Å². The molecule has 0 radical (unpaired) electrons. The predicted molar refractivity (Wildman–Crippen MR) is 80.1 cm³/mol. The second-order valence-corrected chi connectivity index (χ2v) is 8.15. The smallest absolute Gasteiger partial charge is 0.0931 e. The van der Waals surface area contributed by atoms with E-state index in [0.29, 0.717) is 11.8 Å². The lowest BCUT2D eigenvalue weighted by Crippen LogP contribution is -2.19. The quantitative estimate of drug-likeness (QED) is 0.868. The van der Waals surface area contributed by atoms with Crippen LogP contribution in [0.5, 0.6) is 0 Å². The van der Waals surface area contributed by atoms with Gasteiger partial charge < -0.3 is 5.73 Å². The summed E-state index contributed by atoms with van der Waals surface area (Å²) >= 11 is 9.73. The number of hydrogen-bond acceptors (Lipinski definition) is 3. The van der Waals surface area contributed by atoms with E-state index in [4.69, 9.17) is 17.3 Å². The fourth-order valence-corrected chi connectivity index (χ4v) is 5.37. The van der Waals surface area contributed by atoms with Crippen molar-refractivity contribution >= 4 is 34.7 Å². The van der Waals surface area contributed by atoms with E-state index in [-0.39, 0.29) is 0 Å². The molecule has 3 unspecified atom stereocenters. The van der Waals surface area contributed by atoms with E-state index < -0.39 is 0 Å². The molecule has 0 saturated heterocycles. The molecule has 3 atom stereocenters. The van der Waals surface area contributed by atoms with Crippen LogP contribution in [0.25, 0.3) is 0 Å². The Kier molecular flexibility index (Phi) is 5.22. The van der Waals surface area contributed by atoms with Crippen molar-refractivity contribution in [3.8, 4) is 0 Å². The first-order valence-corrected chi connectivity index (χ1v) is 8.43. The fourth-order valence-electron chi connectivity index (χ4n) is 2.47. The summed E-state index contributed by atoms with van der Waals surface area (Å²) < 4.78 is 0.871. The van der Waals surface area contributed by atoms with E-state index in [9.17, 15) is 0 Å². The van der Waals surface area contributed by atoms with Gasteiger partial charge in [-0.15, -0.1) is 23.1 Å². The standard InChI is InChI=1S/C13H20ClNS2/c1-9-3-2-4-10(7-9)16-12(8-15)11-5-6-13(14)17-11/h5-6,9-10,12H,2-4,7-8,15H2,1H3. The van der Waals surface area contributed by atoms with E-state index in [0.717, 1.165) is 15.5 Å². The molecule has 2 N–H and O–H groups in total. The van der Waals surface area contributed by atoms with Crippen molar-refractivity contribution in [2.45, 2.75) is 43.1 Å². The number of nitrogens with two attached hydrogens (primary N) is 1. The number of halogens is 1. The molecule has 1 aromatic heterocycles. The third-order valence-corrected chi connectivity index (χ3v) is 6.45. The van der Waals surface area contributed by atoms with Gasteiger partial charge in [0, 0.05) is 16.7 Å². The Morgan fingerprint density at radius 2 is 2.35 bits per heavy atom. The first-order valence-electron chi connectivity index (χ1n) is 6.29. The van der Waals surface area contributed by atoms with Crippen LogP contribution < -0.4 is 5.73 Å². The van der Waals surface area contributed by atoms with E-state index in [1.165, 1.54) is 30.6 Å². The van der Waals surface area contributed by atoms with Crippen LogP contribution in [0.15, 0.2) is 12.1 Å². The summed E-state index contributed by atoms with van der Waals surface area (Å²) in [4.78, 5) is 1.33. The van der Waals surface area contributed by atoms with Crippen LogP contribution in [0.2, 0.25) is 4.34 Å². The zero-order valence-corrected chi connectivity index (χ0v) is 12.6. The Morgan fingerprint density at radius 1 is 1.53 bits per heavy atom. The lowest BCUT2D eigenvalue weighted by molar-refractivity contribution is 0.393. The van der Waals surface area contributed by atoms with Gasteiger partial charge in [-0.3, -0.25) is 0 Å². The normalized spacial score (nSPS) is 27.0. The van der Waals surface area contributed by atoms with Crippen LogP contribution in [0.3, 0.4) is 0 Å². The Hall–Kier alpha value is 0.300. The minimum atomic E-state index is 0.433. The molecule has 1 heterocycles. The average molecular weight is 290 g/mol. The molecule has 0 aromatic carbocycles. The lowest BCUT2D eigenvalue weighted by Gasteiger charge is -2.28. The zero-order valence-electron chi connectivity index (χ0n) is 10.2. The van der Waals surface area contributed by atoms with Crippen LogP contribution in [0.4, 0.5) is 0 Å². The molecule has 96 valence electrons. The van der Waals surface area contributed by atoms with Gasteiger partial charge in [0.1, 0.15) is 0 Å². The van der Waals surface area contributed by atoms with Crippen molar-refractivity contribution in [2.75, 3.05) is 6.54 Å². The maximum absolute atomic E-state index is 6.00. The van der Waals surface area contributed by atoms with Crippen molar-refractivity contribution in [3.05, 3.63) is 21.3 Å². The molecule has 0 aliphatic heterocycles. The van der Waals surface area contributed by atoms with Crippen molar-refractivity contribution < 1.29 is 0 Å². The summed E-state index contributed by atoms with van der Waals surface area (Å²) in [7, 11) is 0. The van der Waals surface area contributed by atoms with Gasteiger partial charge in [-0.1, -0.05) is 31.4 Å². The van der Waals surface area contributed by atoms with E-state index in [1.807, 2.05) is 6.07 Å². The first-order chi connectivity index (χ1) is 8.19. The van der Waals surface area contributed by atoms with Gasteiger partial charge in [0.2, 0.25) is 0 Å². The average Bonchev–Trinajstić information content (AvgIpc) is 2.73. The van der Waals surface area contributed by atoms with Gasteiger partial charge in [-0.2, -0.15) is 0 Å². The third kappa shape index (κ3) is 3.88. The number of thioether (sulfide) groups is 1. The minimum absolute atomic E-state index is 0.433. The summed E-state index contributed by atoms with van der Waals surface area (Å²) in [5.41, 5.74) is 5.91. The largest absolute Gasteiger partial charge is 0.329 e. The summed E-state index contributed by atoms with van der Waals surface area (Å²) in [6.07, 6.45) is 5.47. The van der Waals surface area contributed by atoms with Gasteiger partial charge in [0.25, 0.3) is 0 Å². The van der Waals surface area contributed by atoms with Gasteiger partial charge in [-0.05, 0) is 30.9 Å². The summed E-state index contributed by atoms with van der Waals surface area (Å²) in [6.45, 7) is 3.08. The molecule has 0 spiro atoms. The highest BCUT2D eigenvalue weighted by Gasteiger charge is 2.23. The van der Waals surface area contributed by atoms with Crippen LogP contribution in [0.1, 0.15) is 42.7 Å². The molecular formula is C13H20ClNS2. The second-order valence-electron chi connectivity index (χ2n) is 4.90. The van der Waals surface area contributed by atoms with Crippen molar-refractivity contribution in [3.63, 3.8) is 0 Å². The van der Waals surface area contributed by atoms with E-state index in [1.54, 1.807) is 11.3 Å². The van der Waals surface area contributed by atoms with E-state index in [2.05, 4.69) is 24.8 Å². The summed E-state index contributed by atoms with van der Waals surface area (Å²) in [5.74, 6) is 0.881. The van der Waals surface area contributed by atoms with Crippen LogP contribution >= 0.6 is 34.7 Å². The molecule has 1 nitrogen and oxygen atoms in total. The molecule has 1 aliphatic rings. The zero-order chi connectivity index (χ0) is 12.3. The molecule has 1 saturated carbocycles. The predicted octanol–water partition coefficient (Wildman–Crippen LogP) is 4.71. The summed E-state index contributed by atoms with van der Waals surface area (Å²) in [6, 6.07) is 4.11. The fraction of sp³-hybridized carbons (Fsp3) is 0.692. The number of thiophene rings is 1. The molecule has 1 aliphatic carbocycles. The van der Waals surface area contributed by atoms with Gasteiger partial charge in [-0.25, -0.2) is 0 Å². The number of hydrogen-bond donors (Lipinski definition) is 1. The van der Waals surface area contributed by atoms with Crippen LogP contribution in [-0.2, 0) is 0 Å². The second kappa shape index (κ2) is 6.46. The molecule has 4 heteroatoms.